The summed E-state index contributed by atoms with van der Waals surface area (Å²) in [6.07, 6.45) is 0.850. The maximum absolute atomic E-state index is 13.4. The lowest BCUT2D eigenvalue weighted by atomic mass is 10.1. The summed E-state index contributed by atoms with van der Waals surface area (Å²) in [5.41, 5.74) is 5.31. The number of sulfonamides is 1. The molecule has 2 aromatic heterocycles. The van der Waals surface area contributed by atoms with E-state index in [1.165, 1.54) is 27.0 Å². The van der Waals surface area contributed by atoms with Crippen molar-refractivity contribution in [2.45, 2.75) is 49.8 Å². The number of carbonyl (C=O) groups is 1. The molecule has 2 aliphatic heterocycles. The molecule has 1 unspecified atom stereocenters. The van der Waals surface area contributed by atoms with Crippen LogP contribution in [-0.2, 0) is 23.0 Å². The molecule has 196 valence electrons. The molecule has 1 fully saturated rings. The lowest BCUT2D eigenvalue weighted by Crippen LogP contribution is -2.50. The SMILES string of the molecule is CC1Cc2nc(C(=O)N3CCN(S(=O)(=O)c4cc5ccc(C#C[Si](C)(C)C)cc5s4)CC3)sc2CN1C. The third kappa shape index (κ3) is 5.55. The smallest absolute Gasteiger partial charge is 0.282 e. The number of hydrogen-bond acceptors (Lipinski definition) is 7. The van der Waals surface area contributed by atoms with Gasteiger partial charge in [-0.15, -0.1) is 28.2 Å². The van der Waals surface area contributed by atoms with Crippen LogP contribution < -0.4 is 0 Å². The van der Waals surface area contributed by atoms with E-state index >= 15 is 0 Å². The first-order chi connectivity index (χ1) is 17.4. The van der Waals surface area contributed by atoms with Crippen molar-refractivity contribution in [1.29, 1.82) is 0 Å². The van der Waals surface area contributed by atoms with E-state index < -0.39 is 18.1 Å². The Bertz CT molecular complexity index is 1490. The van der Waals surface area contributed by atoms with Crippen molar-refractivity contribution in [3.8, 4) is 11.5 Å². The van der Waals surface area contributed by atoms with E-state index in [-0.39, 0.29) is 19.0 Å². The Morgan fingerprint density at radius 2 is 1.84 bits per heavy atom. The molecule has 0 spiro atoms. The molecule has 11 heteroatoms. The van der Waals surface area contributed by atoms with Gasteiger partial charge in [-0.2, -0.15) is 4.31 Å². The molecule has 0 aliphatic carbocycles. The van der Waals surface area contributed by atoms with Crippen LogP contribution in [0.1, 0.15) is 32.9 Å². The second kappa shape index (κ2) is 9.91. The van der Waals surface area contributed by atoms with Crippen molar-refractivity contribution in [3.05, 3.63) is 45.4 Å². The molecule has 1 saturated heterocycles. The zero-order chi connectivity index (χ0) is 26.5. The standard InChI is InChI=1S/C26H32N4O3S3Si/c1-18-14-21-23(17-28(18)2)35-25(27-21)26(31)29-9-11-30(12-10-29)36(32,33)24-16-20-7-6-19(15-22(20)34-24)8-13-37(3,4)5/h6-7,15-16,18H,9-12,14,17H2,1-5H3. The number of benzene rings is 1. The minimum atomic E-state index is -3.63. The fourth-order valence-corrected chi connectivity index (χ4v) is 9.10. The topological polar surface area (TPSA) is 73.8 Å². The lowest BCUT2D eigenvalue weighted by Gasteiger charge is -2.33. The predicted molar refractivity (Wildman–Crippen MR) is 153 cm³/mol. The van der Waals surface area contributed by atoms with Gasteiger partial charge in [0.05, 0.1) is 5.69 Å². The van der Waals surface area contributed by atoms with Crippen LogP contribution in [0.5, 0.6) is 0 Å². The van der Waals surface area contributed by atoms with Gasteiger partial charge in [-0.1, -0.05) is 31.6 Å². The number of likely N-dealkylation sites (N-methyl/N-ethyl adjacent to an activating group) is 1. The molecule has 0 saturated carbocycles. The summed E-state index contributed by atoms with van der Waals surface area (Å²) in [6, 6.07) is 8.04. The van der Waals surface area contributed by atoms with Crippen LogP contribution in [0.4, 0.5) is 0 Å². The monoisotopic (exact) mass is 572 g/mol. The van der Waals surface area contributed by atoms with Crippen molar-refractivity contribution in [1.82, 2.24) is 19.1 Å². The summed E-state index contributed by atoms with van der Waals surface area (Å²) in [5, 5.41) is 1.42. The summed E-state index contributed by atoms with van der Waals surface area (Å²) in [6.45, 7) is 10.9. The molecule has 0 radical (unpaired) electrons. The van der Waals surface area contributed by atoms with Gasteiger partial charge in [0, 0.05) is 60.3 Å². The molecule has 5 rings (SSSR count). The van der Waals surface area contributed by atoms with Gasteiger partial charge in [-0.25, -0.2) is 13.4 Å². The van der Waals surface area contributed by atoms with E-state index in [9.17, 15) is 13.2 Å². The largest absolute Gasteiger partial charge is 0.334 e. The number of thiazole rings is 1. The van der Waals surface area contributed by atoms with Crippen molar-refractivity contribution < 1.29 is 13.2 Å². The summed E-state index contributed by atoms with van der Waals surface area (Å²) in [4.78, 5) is 23.0. The highest BCUT2D eigenvalue weighted by Gasteiger charge is 2.33. The van der Waals surface area contributed by atoms with Crippen LogP contribution >= 0.6 is 22.7 Å². The second-order valence-corrected chi connectivity index (χ2v) is 20.0. The second-order valence-electron chi connectivity index (χ2n) is 10.9. The molecular formula is C26H32N4O3S3Si. The maximum Gasteiger partial charge on any atom is 0.282 e. The quantitative estimate of drug-likeness (QED) is 0.349. The number of aromatic nitrogens is 1. The Morgan fingerprint density at radius 3 is 2.54 bits per heavy atom. The fraction of sp³-hybridized carbons (Fsp3) is 0.462. The number of fused-ring (bicyclic) bond motifs is 2. The normalized spacial score (nSPS) is 19.5. The first-order valence-corrected chi connectivity index (χ1v) is 19.0. The number of rotatable bonds is 3. The van der Waals surface area contributed by atoms with Crippen molar-refractivity contribution in [3.63, 3.8) is 0 Å². The highest BCUT2D eigenvalue weighted by atomic mass is 32.2. The molecule has 1 atom stereocenters. The van der Waals surface area contributed by atoms with E-state index in [4.69, 9.17) is 0 Å². The van der Waals surface area contributed by atoms with Gasteiger partial charge in [0.1, 0.15) is 12.3 Å². The van der Waals surface area contributed by atoms with Gasteiger partial charge in [-0.05, 0) is 37.6 Å². The number of hydrogen-bond donors (Lipinski definition) is 0. The Balaban J connectivity index is 1.27. The van der Waals surface area contributed by atoms with E-state index in [1.54, 1.807) is 11.0 Å². The number of nitrogens with zero attached hydrogens (tertiary/aromatic N) is 4. The van der Waals surface area contributed by atoms with Gasteiger partial charge in [0.2, 0.25) is 0 Å². The Labute approximate surface area is 228 Å². The van der Waals surface area contributed by atoms with Crippen LogP contribution in [0.3, 0.4) is 0 Å². The van der Waals surface area contributed by atoms with Crippen molar-refractivity contribution in [2.24, 2.45) is 0 Å². The summed E-state index contributed by atoms with van der Waals surface area (Å²) in [7, 11) is -3.04. The zero-order valence-electron chi connectivity index (χ0n) is 21.9. The third-order valence-electron chi connectivity index (χ3n) is 6.79. The molecular weight excluding hydrogens is 541 g/mol. The molecule has 0 N–H and O–H groups in total. The molecule has 2 aliphatic rings. The van der Waals surface area contributed by atoms with E-state index in [0.29, 0.717) is 28.3 Å². The highest BCUT2D eigenvalue weighted by Crippen LogP contribution is 2.33. The summed E-state index contributed by atoms with van der Waals surface area (Å²) < 4.78 is 29.6. The minimum absolute atomic E-state index is 0.0967. The average Bonchev–Trinajstić information content (AvgIpc) is 3.46. The number of carbonyl (C=O) groups excluding carboxylic acids is 1. The molecule has 4 heterocycles. The first kappa shape index (κ1) is 26.5. The first-order valence-electron chi connectivity index (χ1n) is 12.5. The molecule has 7 nitrogen and oxygen atoms in total. The lowest BCUT2D eigenvalue weighted by molar-refractivity contribution is 0.0697. The van der Waals surface area contributed by atoms with Crippen LogP contribution in [-0.4, -0.2) is 80.8 Å². The van der Waals surface area contributed by atoms with E-state index in [0.717, 1.165) is 39.2 Å². The Morgan fingerprint density at radius 1 is 1.11 bits per heavy atom. The summed E-state index contributed by atoms with van der Waals surface area (Å²) in [5.74, 6) is 3.15. The van der Waals surface area contributed by atoms with Gasteiger partial charge in [-0.3, -0.25) is 9.69 Å². The molecule has 0 bridgehead atoms. The minimum Gasteiger partial charge on any atom is -0.334 e. The zero-order valence-corrected chi connectivity index (χ0v) is 25.3. The Hall–Kier alpha value is -2.07. The predicted octanol–water partition coefficient (Wildman–Crippen LogP) is 4.11. The number of amides is 1. The molecule has 3 aromatic rings. The van der Waals surface area contributed by atoms with E-state index in [1.807, 2.05) is 18.2 Å². The summed E-state index contributed by atoms with van der Waals surface area (Å²) >= 11 is 2.76. The highest BCUT2D eigenvalue weighted by molar-refractivity contribution is 7.91. The van der Waals surface area contributed by atoms with Gasteiger partial charge >= 0.3 is 0 Å². The van der Waals surface area contributed by atoms with Gasteiger partial charge in [0.15, 0.2) is 5.01 Å². The molecule has 1 amide bonds. The van der Waals surface area contributed by atoms with Crippen LogP contribution in [0, 0.1) is 11.5 Å². The van der Waals surface area contributed by atoms with Crippen LogP contribution in [0.25, 0.3) is 10.1 Å². The van der Waals surface area contributed by atoms with E-state index in [2.05, 4.69) is 55.0 Å². The number of thiophene rings is 1. The van der Waals surface area contributed by atoms with Gasteiger partial charge in [0.25, 0.3) is 15.9 Å². The number of piperazine rings is 1. The average molecular weight is 573 g/mol. The van der Waals surface area contributed by atoms with Crippen molar-refractivity contribution in [2.75, 3.05) is 33.2 Å². The molecule has 37 heavy (non-hydrogen) atoms. The van der Waals surface area contributed by atoms with Crippen molar-refractivity contribution >= 4 is 56.8 Å². The Kier molecular flexibility index (Phi) is 7.11. The van der Waals surface area contributed by atoms with Crippen LogP contribution in [0.15, 0.2) is 28.5 Å². The maximum atomic E-state index is 13.4. The van der Waals surface area contributed by atoms with Gasteiger partial charge < -0.3 is 4.90 Å². The fourth-order valence-electron chi connectivity index (χ4n) is 4.44. The third-order valence-corrected chi connectivity index (χ3v) is 12.2. The van der Waals surface area contributed by atoms with Crippen LogP contribution in [0.2, 0.25) is 19.6 Å². The molecule has 1 aromatic carbocycles.